The summed E-state index contributed by atoms with van der Waals surface area (Å²) in [6.45, 7) is 3.23. The van der Waals surface area contributed by atoms with Gasteiger partial charge >= 0.3 is 0 Å². The molecule has 6 rings (SSSR count). The molecule has 0 bridgehead atoms. The number of ether oxygens (including phenoxy) is 1. The molecule has 4 aromatic rings. The van der Waals surface area contributed by atoms with E-state index >= 15 is 0 Å². The zero-order valence-electron chi connectivity index (χ0n) is 19.3. The number of benzene rings is 2. The summed E-state index contributed by atoms with van der Waals surface area (Å²) in [6, 6.07) is 14.5. The van der Waals surface area contributed by atoms with E-state index in [1.165, 1.54) is 6.07 Å². The second-order valence-electron chi connectivity index (χ2n) is 9.29. The summed E-state index contributed by atoms with van der Waals surface area (Å²) in [5, 5.41) is 12.9. The Labute approximate surface area is 202 Å². The minimum absolute atomic E-state index is 0.0273. The minimum Gasteiger partial charge on any atom is -0.365 e. The maximum Gasteiger partial charge on any atom is 0.251 e. The van der Waals surface area contributed by atoms with Crippen molar-refractivity contribution in [2.24, 2.45) is 0 Å². The molecule has 1 amide bonds. The van der Waals surface area contributed by atoms with E-state index in [1.807, 2.05) is 41.2 Å². The Balaban J connectivity index is 1.03. The van der Waals surface area contributed by atoms with Crippen LogP contribution in [0.15, 0.2) is 54.7 Å². The van der Waals surface area contributed by atoms with Gasteiger partial charge in [-0.25, -0.2) is 9.07 Å². The first-order valence-electron chi connectivity index (χ1n) is 12.0. The Kier molecular flexibility index (Phi) is 5.79. The second-order valence-corrected chi connectivity index (χ2v) is 9.29. The van der Waals surface area contributed by atoms with Gasteiger partial charge in [-0.2, -0.15) is 0 Å². The molecule has 0 unspecified atom stereocenters. The van der Waals surface area contributed by atoms with Crippen LogP contribution in [-0.2, 0) is 24.4 Å². The molecule has 180 valence electrons. The first kappa shape index (κ1) is 21.9. The van der Waals surface area contributed by atoms with E-state index < -0.39 is 0 Å². The molecule has 0 aliphatic carbocycles. The number of H-pyrrole nitrogens is 1. The number of fused-ring (bicyclic) bond motifs is 2. The fourth-order valence-electron chi connectivity index (χ4n) is 5.02. The summed E-state index contributed by atoms with van der Waals surface area (Å²) in [5.74, 6) is -0.290. The first-order chi connectivity index (χ1) is 17.1. The lowest BCUT2D eigenvalue weighted by Crippen LogP contribution is -2.44. The van der Waals surface area contributed by atoms with Gasteiger partial charge in [-0.05, 0) is 43.2 Å². The molecule has 1 saturated heterocycles. The predicted molar refractivity (Wildman–Crippen MR) is 128 cm³/mol. The summed E-state index contributed by atoms with van der Waals surface area (Å²) in [5.41, 5.74) is 4.11. The lowest BCUT2D eigenvalue weighted by atomic mass is 10.0. The number of aromatic nitrogens is 4. The minimum atomic E-state index is -0.365. The third-order valence-electron chi connectivity index (χ3n) is 7.04. The monoisotopic (exact) mass is 474 g/mol. The number of rotatable bonds is 5. The molecule has 2 aromatic heterocycles. The molecular formula is C26H27FN6O2. The third kappa shape index (κ3) is 4.44. The molecule has 0 saturated carbocycles. The molecule has 9 heteroatoms. The SMILES string of the molecule is O=C(NC1CCN(Cc2nnn3c2CO[C@@H](c2ccccc2F)C3)CC1)c1ccc2[nH]ccc2c1. The smallest absolute Gasteiger partial charge is 0.251 e. The second kappa shape index (κ2) is 9.24. The number of piperidine rings is 1. The molecule has 1 fully saturated rings. The Morgan fingerprint density at radius 1 is 1.17 bits per heavy atom. The fraction of sp³-hybridized carbons (Fsp3) is 0.346. The van der Waals surface area contributed by atoms with Gasteiger partial charge in [0.2, 0.25) is 0 Å². The van der Waals surface area contributed by atoms with Crippen LogP contribution in [-0.4, -0.2) is 49.9 Å². The predicted octanol–water partition coefficient (Wildman–Crippen LogP) is 3.56. The van der Waals surface area contributed by atoms with E-state index in [4.69, 9.17) is 4.74 Å². The Morgan fingerprint density at radius 3 is 2.89 bits per heavy atom. The highest BCUT2D eigenvalue weighted by atomic mass is 19.1. The van der Waals surface area contributed by atoms with Crippen molar-refractivity contribution in [3.8, 4) is 0 Å². The van der Waals surface area contributed by atoms with Crippen molar-refractivity contribution in [3.05, 3.63) is 83.1 Å². The van der Waals surface area contributed by atoms with Gasteiger partial charge in [0.05, 0.1) is 18.8 Å². The number of carbonyl (C=O) groups is 1. The Bertz CT molecular complexity index is 1360. The standard InChI is InChI=1S/C26H27FN6O2/c27-21-4-2-1-3-20(21)25-15-33-24(16-35-25)23(30-31-33)14-32-11-8-19(9-12-32)29-26(34)18-5-6-22-17(13-18)7-10-28-22/h1-7,10,13,19,25,28H,8-9,11-12,14-16H2,(H,29,34)/t25-/m1/s1. The van der Waals surface area contributed by atoms with Crippen LogP contribution in [0.5, 0.6) is 0 Å². The van der Waals surface area contributed by atoms with Gasteiger partial charge in [-0.1, -0.05) is 23.4 Å². The van der Waals surface area contributed by atoms with E-state index in [2.05, 4.69) is 25.5 Å². The summed E-state index contributed by atoms with van der Waals surface area (Å²) >= 11 is 0. The van der Waals surface area contributed by atoms with Gasteiger partial charge in [-0.3, -0.25) is 9.69 Å². The van der Waals surface area contributed by atoms with E-state index in [-0.39, 0.29) is 23.9 Å². The van der Waals surface area contributed by atoms with Crippen LogP contribution in [0.4, 0.5) is 4.39 Å². The van der Waals surface area contributed by atoms with Gasteiger partial charge in [0.1, 0.15) is 17.6 Å². The summed E-state index contributed by atoms with van der Waals surface area (Å²) in [7, 11) is 0. The number of likely N-dealkylation sites (tertiary alicyclic amines) is 1. The average Bonchev–Trinajstić information content (AvgIpc) is 3.51. The Morgan fingerprint density at radius 2 is 2.03 bits per heavy atom. The number of hydrogen-bond acceptors (Lipinski definition) is 5. The fourth-order valence-corrected chi connectivity index (χ4v) is 5.02. The Hall–Kier alpha value is -3.56. The largest absolute Gasteiger partial charge is 0.365 e. The molecule has 2 aliphatic heterocycles. The van der Waals surface area contributed by atoms with Crippen molar-refractivity contribution < 1.29 is 13.9 Å². The number of nitrogens with one attached hydrogen (secondary N) is 2. The number of aromatic amines is 1. The first-order valence-corrected chi connectivity index (χ1v) is 12.0. The summed E-state index contributed by atoms with van der Waals surface area (Å²) < 4.78 is 22.0. The van der Waals surface area contributed by atoms with Gasteiger partial charge < -0.3 is 15.0 Å². The molecule has 0 spiro atoms. The molecule has 1 atom stereocenters. The van der Waals surface area contributed by atoms with Crippen LogP contribution < -0.4 is 5.32 Å². The third-order valence-corrected chi connectivity index (χ3v) is 7.04. The van der Waals surface area contributed by atoms with Crippen molar-refractivity contribution in [2.75, 3.05) is 13.1 Å². The van der Waals surface area contributed by atoms with Crippen molar-refractivity contribution in [2.45, 2.75) is 44.7 Å². The molecule has 2 aliphatic rings. The lowest BCUT2D eigenvalue weighted by molar-refractivity contribution is -0.00414. The van der Waals surface area contributed by atoms with Crippen LogP contribution in [0.2, 0.25) is 0 Å². The van der Waals surface area contributed by atoms with Gasteiger partial charge in [0.15, 0.2) is 0 Å². The van der Waals surface area contributed by atoms with Crippen molar-refractivity contribution in [3.63, 3.8) is 0 Å². The van der Waals surface area contributed by atoms with Crippen molar-refractivity contribution >= 4 is 16.8 Å². The van der Waals surface area contributed by atoms with Gasteiger partial charge in [0, 0.05) is 53.9 Å². The number of nitrogens with zero attached hydrogens (tertiary/aromatic N) is 4. The quantitative estimate of drug-likeness (QED) is 0.462. The molecule has 35 heavy (non-hydrogen) atoms. The van der Waals surface area contributed by atoms with Crippen LogP contribution in [0.1, 0.15) is 46.3 Å². The highest BCUT2D eigenvalue weighted by Crippen LogP contribution is 2.29. The highest BCUT2D eigenvalue weighted by Gasteiger charge is 2.28. The van der Waals surface area contributed by atoms with E-state index in [0.717, 1.165) is 48.2 Å². The number of amides is 1. The van der Waals surface area contributed by atoms with E-state index in [1.54, 1.807) is 12.1 Å². The molecule has 2 aromatic carbocycles. The maximum atomic E-state index is 14.2. The molecule has 0 radical (unpaired) electrons. The van der Waals surface area contributed by atoms with Crippen LogP contribution >= 0.6 is 0 Å². The zero-order chi connectivity index (χ0) is 23.8. The van der Waals surface area contributed by atoms with Gasteiger partial charge in [0.25, 0.3) is 5.91 Å². The number of carbonyl (C=O) groups excluding carboxylic acids is 1. The summed E-state index contributed by atoms with van der Waals surface area (Å²) in [4.78, 5) is 18.2. The lowest BCUT2D eigenvalue weighted by Gasteiger charge is -2.32. The van der Waals surface area contributed by atoms with Crippen LogP contribution in [0, 0.1) is 5.82 Å². The molecule has 2 N–H and O–H groups in total. The van der Waals surface area contributed by atoms with Crippen molar-refractivity contribution in [1.82, 2.24) is 30.2 Å². The zero-order valence-corrected chi connectivity index (χ0v) is 19.3. The molecular weight excluding hydrogens is 447 g/mol. The van der Waals surface area contributed by atoms with Crippen LogP contribution in [0.3, 0.4) is 0 Å². The van der Waals surface area contributed by atoms with Crippen LogP contribution in [0.25, 0.3) is 10.9 Å². The number of halogens is 1. The molecule has 8 nitrogen and oxygen atoms in total. The van der Waals surface area contributed by atoms with Crippen molar-refractivity contribution in [1.29, 1.82) is 0 Å². The maximum absolute atomic E-state index is 14.2. The van der Waals surface area contributed by atoms with Gasteiger partial charge in [-0.15, -0.1) is 5.10 Å². The summed E-state index contributed by atoms with van der Waals surface area (Å²) in [6.07, 6.45) is 3.28. The number of hydrogen-bond donors (Lipinski definition) is 2. The van der Waals surface area contributed by atoms with E-state index in [9.17, 15) is 9.18 Å². The normalized spacial score (nSPS) is 19.1. The topological polar surface area (TPSA) is 88.1 Å². The highest BCUT2D eigenvalue weighted by molar-refractivity contribution is 5.98. The average molecular weight is 475 g/mol. The van der Waals surface area contributed by atoms with E-state index in [0.29, 0.717) is 30.8 Å². The molecule has 4 heterocycles.